The second kappa shape index (κ2) is 6.24. The maximum atomic E-state index is 12.1. The number of hydrogen-bond acceptors (Lipinski definition) is 1. The minimum Gasteiger partial charge on any atom is -0.349 e. The predicted molar refractivity (Wildman–Crippen MR) is 74.9 cm³/mol. The van der Waals surface area contributed by atoms with E-state index in [-0.39, 0.29) is 5.91 Å². The van der Waals surface area contributed by atoms with Gasteiger partial charge in [-0.2, -0.15) is 0 Å². The molecule has 2 unspecified atom stereocenters. The van der Waals surface area contributed by atoms with E-state index in [1.807, 2.05) is 24.3 Å². The van der Waals surface area contributed by atoms with E-state index in [9.17, 15) is 4.79 Å². The molecule has 0 saturated heterocycles. The van der Waals surface area contributed by atoms with Gasteiger partial charge in [-0.05, 0) is 36.5 Å². The fourth-order valence-electron chi connectivity index (χ4n) is 2.53. The second-order valence-electron chi connectivity index (χ2n) is 5.17. The zero-order valence-corrected chi connectivity index (χ0v) is 11.5. The Morgan fingerprint density at radius 3 is 2.56 bits per heavy atom. The van der Waals surface area contributed by atoms with Gasteiger partial charge in [0.15, 0.2) is 0 Å². The lowest BCUT2D eigenvalue weighted by Gasteiger charge is -2.29. The van der Waals surface area contributed by atoms with Crippen LogP contribution in [0.2, 0.25) is 0 Å². The first kappa shape index (κ1) is 13.4. The zero-order valence-electron chi connectivity index (χ0n) is 10.8. The first-order valence-corrected chi connectivity index (χ1v) is 7.20. The van der Waals surface area contributed by atoms with Crippen molar-refractivity contribution in [3.8, 4) is 0 Å². The monoisotopic (exact) mass is 265 g/mol. The SMILES string of the molecule is CC1CCCCC1NC(=O)c1ccc(CCl)cc1. The third kappa shape index (κ3) is 3.26. The highest BCUT2D eigenvalue weighted by Gasteiger charge is 2.23. The molecule has 2 atom stereocenters. The lowest BCUT2D eigenvalue weighted by molar-refractivity contribution is 0.0910. The third-order valence-corrected chi connectivity index (χ3v) is 4.11. The first-order valence-electron chi connectivity index (χ1n) is 6.66. The van der Waals surface area contributed by atoms with Crippen molar-refractivity contribution in [3.05, 3.63) is 35.4 Å². The summed E-state index contributed by atoms with van der Waals surface area (Å²) in [6.45, 7) is 2.22. The van der Waals surface area contributed by atoms with Gasteiger partial charge in [0, 0.05) is 17.5 Å². The lowest BCUT2D eigenvalue weighted by atomic mass is 9.86. The highest BCUT2D eigenvalue weighted by molar-refractivity contribution is 6.17. The minimum absolute atomic E-state index is 0.0369. The van der Waals surface area contributed by atoms with Crippen molar-refractivity contribution in [2.24, 2.45) is 5.92 Å². The standard InChI is InChI=1S/C15H20ClNO/c1-11-4-2-3-5-14(11)17-15(18)13-8-6-12(10-16)7-9-13/h6-9,11,14H,2-5,10H2,1H3,(H,17,18). The molecule has 2 nitrogen and oxygen atoms in total. The van der Waals surface area contributed by atoms with Crippen molar-refractivity contribution in [1.82, 2.24) is 5.32 Å². The second-order valence-corrected chi connectivity index (χ2v) is 5.44. The molecule has 3 heteroatoms. The summed E-state index contributed by atoms with van der Waals surface area (Å²) in [4.78, 5) is 12.1. The fraction of sp³-hybridized carbons (Fsp3) is 0.533. The fourth-order valence-corrected chi connectivity index (χ4v) is 2.71. The van der Waals surface area contributed by atoms with Gasteiger partial charge >= 0.3 is 0 Å². The quantitative estimate of drug-likeness (QED) is 0.829. The Balaban J connectivity index is 1.97. The molecule has 1 aliphatic carbocycles. The van der Waals surface area contributed by atoms with Gasteiger partial charge in [-0.1, -0.05) is 31.9 Å². The van der Waals surface area contributed by atoms with Crippen LogP contribution in [0.15, 0.2) is 24.3 Å². The van der Waals surface area contributed by atoms with E-state index in [4.69, 9.17) is 11.6 Å². The number of benzene rings is 1. The van der Waals surface area contributed by atoms with Gasteiger partial charge in [0.25, 0.3) is 5.91 Å². The average molecular weight is 266 g/mol. The number of hydrogen-bond donors (Lipinski definition) is 1. The van der Waals surface area contributed by atoms with Crippen LogP contribution in [0.4, 0.5) is 0 Å². The summed E-state index contributed by atoms with van der Waals surface area (Å²) in [5.74, 6) is 1.11. The van der Waals surface area contributed by atoms with Gasteiger partial charge in [-0.25, -0.2) is 0 Å². The van der Waals surface area contributed by atoms with Crippen LogP contribution >= 0.6 is 11.6 Å². The van der Waals surface area contributed by atoms with E-state index in [1.165, 1.54) is 19.3 Å². The van der Waals surface area contributed by atoms with Crippen LogP contribution in [0, 0.1) is 5.92 Å². The van der Waals surface area contributed by atoms with E-state index in [1.54, 1.807) is 0 Å². The van der Waals surface area contributed by atoms with E-state index < -0.39 is 0 Å². The Labute approximate surface area is 114 Å². The summed E-state index contributed by atoms with van der Waals surface area (Å²) in [6.07, 6.45) is 4.83. The molecule has 1 aliphatic rings. The largest absolute Gasteiger partial charge is 0.349 e. The topological polar surface area (TPSA) is 29.1 Å². The van der Waals surface area contributed by atoms with E-state index in [0.717, 1.165) is 17.5 Å². The third-order valence-electron chi connectivity index (χ3n) is 3.80. The number of amides is 1. The van der Waals surface area contributed by atoms with Crippen molar-refractivity contribution >= 4 is 17.5 Å². The van der Waals surface area contributed by atoms with E-state index in [0.29, 0.717) is 17.8 Å². The van der Waals surface area contributed by atoms with E-state index >= 15 is 0 Å². The molecular formula is C15H20ClNO. The molecule has 1 aromatic rings. The molecule has 0 bridgehead atoms. The van der Waals surface area contributed by atoms with Gasteiger partial charge in [-0.15, -0.1) is 11.6 Å². The Hall–Kier alpha value is -1.02. The lowest BCUT2D eigenvalue weighted by Crippen LogP contribution is -2.41. The van der Waals surface area contributed by atoms with Gasteiger partial charge in [0.1, 0.15) is 0 Å². The summed E-state index contributed by atoms with van der Waals surface area (Å²) in [6, 6.07) is 7.85. The Kier molecular flexibility index (Phi) is 4.65. The number of rotatable bonds is 3. The summed E-state index contributed by atoms with van der Waals surface area (Å²) in [5, 5.41) is 3.15. The Bertz CT molecular complexity index is 401. The molecule has 98 valence electrons. The molecule has 0 spiro atoms. The number of carbonyl (C=O) groups excluding carboxylic acids is 1. The van der Waals surface area contributed by atoms with Crippen LogP contribution in [-0.4, -0.2) is 11.9 Å². The zero-order chi connectivity index (χ0) is 13.0. The predicted octanol–water partition coefficient (Wildman–Crippen LogP) is 3.73. The average Bonchev–Trinajstić information content (AvgIpc) is 2.41. The van der Waals surface area contributed by atoms with Gasteiger partial charge in [0.2, 0.25) is 0 Å². The van der Waals surface area contributed by atoms with Crippen LogP contribution in [0.25, 0.3) is 0 Å². The maximum Gasteiger partial charge on any atom is 0.251 e. The maximum absolute atomic E-state index is 12.1. The van der Waals surface area contributed by atoms with Crippen LogP contribution in [0.5, 0.6) is 0 Å². The molecule has 0 aliphatic heterocycles. The first-order chi connectivity index (χ1) is 8.70. The molecule has 0 aromatic heterocycles. The number of halogens is 1. The minimum atomic E-state index is 0.0369. The molecule has 18 heavy (non-hydrogen) atoms. The van der Waals surface area contributed by atoms with Crippen molar-refractivity contribution in [2.75, 3.05) is 0 Å². The van der Waals surface area contributed by atoms with Crippen molar-refractivity contribution in [3.63, 3.8) is 0 Å². The molecule has 0 heterocycles. The van der Waals surface area contributed by atoms with Gasteiger partial charge in [-0.3, -0.25) is 4.79 Å². The molecular weight excluding hydrogens is 246 g/mol. The smallest absolute Gasteiger partial charge is 0.251 e. The number of alkyl halides is 1. The van der Waals surface area contributed by atoms with Crippen molar-refractivity contribution < 1.29 is 4.79 Å². The van der Waals surface area contributed by atoms with E-state index in [2.05, 4.69) is 12.2 Å². The number of nitrogens with one attached hydrogen (secondary N) is 1. The van der Waals surface area contributed by atoms with Crippen LogP contribution < -0.4 is 5.32 Å². The van der Waals surface area contributed by atoms with Crippen LogP contribution in [-0.2, 0) is 5.88 Å². The van der Waals surface area contributed by atoms with Crippen molar-refractivity contribution in [2.45, 2.75) is 44.5 Å². The molecule has 0 radical (unpaired) electrons. The molecule has 1 aromatic carbocycles. The summed E-state index contributed by atoms with van der Waals surface area (Å²) in [5.41, 5.74) is 1.76. The molecule has 1 saturated carbocycles. The molecule has 1 amide bonds. The van der Waals surface area contributed by atoms with Gasteiger partial charge in [0.05, 0.1) is 0 Å². The van der Waals surface area contributed by atoms with Crippen LogP contribution in [0.3, 0.4) is 0 Å². The summed E-state index contributed by atoms with van der Waals surface area (Å²) >= 11 is 5.73. The highest BCUT2D eigenvalue weighted by Crippen LogP contribution is 2.24. The van der Waals surface area contributed by atoms with Crippen molar-refractivity contribution in [1.29, 1.82) is 0 Å². The number of carbonyl (C=O) groups is 1. The molecule has 2 rings (SSSR count). The Morgan fingerprint density at radius 1 is 1.28 bits per heavy atom. The molecule has 1 fully saturated rings. The summed E-state index contributed by atoms with van der Waals surface area (Å²) < 4.78 is 0. The van der Waals surface area contributed by atoms with Gasteiger partial charge < -0.3 is 5.32 Å². The normalized spacial score (nSPS) is 23.7. The summed E-state index contributed by atoms with van der Waals surface area (Å²) in [7, 11) is 0. The molecule has 1 N–H and O–H groups in total. The van der Waals surface area contributed by atoms with Crippen LogP contribution in [0.1, 0.15) is 48.5 Å². The highest BCUT2D eigenvalue weighted by atomic mass is 35.5. The Morgan fingerprint density at radius 2 is 1.94 bits per heavy atom.